The molecular weight excluding hydrogens is 544 g/mol. The minimum Gasteiger partial charge on any atom is -0.384 e. The molecule has 0 saturated heterocycles. The Morgan fingerprint density at radius 3 is 1.59 bits per heavy atom. The summed E-state index contributed by atoms with van der Waals surface area (Å²) < 4.78 is 80.6. The number of hydrogen-bond acceptors (Lipinski definition) is 3. The van der Waals surface area contributed by atoms with Crippen molar-refractivity contribution in [2.75, 3.05) is 0 Å². The van der Waals surface area contributed by atoms with Gasteiger partial charge in [0.15, 0.2) is 0 Å². The Kier molecular flexibility index (Phi) is 10.3. The Labute approximate surface area is 235 Å². The fourth-order valence-electron chi connectivity index (χ4n) is 3.86. The van der Waals surface area contributed by atoms with Gasteiger partial charge in [-0.3, -0.25) is 4.98 Å². The Balaban J connectivity index is 0.000000232. The van der Waals surface area contributed by atoms with Gasteiger partial charge in [-0.15, -0.1) is 0 Å². The van der Waals surface area contributed by atoms with Crippen molar-refractivity contribution in [3.05, 3.63) is 136 Å². The van der Waals surface area contributed by atoms with Crippen LogP contribution in [0.3, 0.4) is 0 Å². The van der Waals surface area contributed by atoms with Gasteiger partial charge in [-0.05, 0) is 58.0 Å². The van der Waals surface area contributed by atoms with Crippen LogP contribution in [-0.2, 0) is 35.7 Å². The molecule has 3 aromatic carbocycles. The third-order valence-corrected chi connectivity index (χ3v) is 6.14. The summed E-state index contributed by atoms with van der Waals surface area (Å²) in [6.45, 7) is 6.29. The number of benzene rings is 3. The Bertz CT molecular complexity index is 1320. The maximum atomic E-state index is 12.6. The van der Waals surface area contributed by atoms with E-state index in [1.165, 1.54) is 29.8 Å². The van der Waals surface area contributed by atoms with Gasteiger partial charge in [0.2, 0.25) is 0 Å². The molecule has 0 fully saturated rings. The van der Waals surface area contributed by atoms with E-state index in [2.05, 4.69) is 37.9 Å². The van der Waals surface area contributed by atoms with E-state index in [-0.39, 0.29) is 18.6 Å². The molecular formula is C32H31F6NO2. The lowest BCUT2D eigenvalue weighted by Crippen LogP contribution is -2.11. The van der Waals surface area contributed by atoms with Gasteiger partial charge in [0.1, 0.15) is 6.10 Å². The molecule has 1 heterocycles. The van der Waals surface area contributed by atoms with Crippen molar-refractivity contribution in [1.82, 2.24) is 4.98 Å². The van der Waals surface area contributed by atoms with E-state index in [1.54, 1.807) is 12.4 Å². The first kappa shape index (κ1) is 31.8. The normalized spacial score (nSPS) is 12.8. The first-order valence-corrected chi connectivity index (χ1v) is 12.7. The molecule has 0 bridgehead atoms. The maximum Gasteiger partial charge on any atom is 0.416 e. The largest absolute Gasteiger partial charge is 0.416 e. The molecule has 4 rings (SSSR count). The highest BCUT2D eigenvalue weighted by Gasteiger charge is 2.31. The topological polar surface area (TPSA) is 42.4 Å². The van der Waals surface area contributed by atoms with E-state index in [1.807, 2.05) is 24.3 Å². The number of ether oxygens (including phenoxy) is 1. The van der Waals surface area contributed by atoms with Crippen molar-refractivity contribution in [2.24, 2.45) is 0 Å². The van der Waals surface area contributed by atoms with E-state index < -0.39 is 29.6 Å². The number of aromatic nitrogens is 1. The van der Waals surface area contributed by atoms with E-state index in [0.29, 0.717) is 11.1 Å². The number of pyridine rings is 1. The van der Waals surface area contributed by atoms with Crippen LogP contribution >= 0.6 is 0 Å². The zero-order valence-corrected chi connectivity index (χ0v) is 22.8. The van der Waals surface area contributed by atoms with Gasteiger partial charge in [-0.25, -0.2) is 0 Å². The summed E-state index contributed by atoms with van der Waals surface area (Å²) in [6.07, 6.45) is -6.09. The lowest BCUT2D eigenvalue weighted by atomic mass is 9.86. The second-order valence-electron chi connectivity index (χ2n) is 10.4. The molecule has 0 radical (unpaired) electrons. The van der Waals surface area contributed by atoms with Gasteiger partial charge in [0, 0.05) is 18.0 Å². The van der Waals surface area contributed by atoms with Gasteiger partial charge in [-0.1, -0.05) is 75.4 Å². The summed E-state index contributed by atoms with van der Waals surface area (Å²) >= 11 is 0. The Hall–Kier alpha value is -3.69. The zero-order valence-electron chi connectivity index (χ0n) is 22.8. The minimum absolute atomic E-state index is 0.125. The van der Waals surface area contributed by atoms with Crippen molar-refractivity contribution < 1.29 is 36.2 Å². The van der Waals surface area contributed by atoms with Crippen LogP contribution in [0.1, 0.15) is 65.8 Å². The molecule has 9 heteroatoms. The predicted molar refractivity (Wildman–Crippen MR) is 145 cm³/mol. The molecule has 1 unspecified atom stereocenters. The number of alkyl halides is 6. The molecule has 3 nitrogen and oxygen atoms in total. The summed E-state index contributed by atoms with van der Waals surface area (Å²) in [5, 5.41) is 10.2. The SMILES string of the molecule is CC(C)(C)c1ccc(C(O)c2cccnc2)cc1.FC(F)(F)c1cccc(COCc2cccc(C(F)(F)F)c2)c1. The number of hydrogen-bond donors (Lipinski definition) is 1. The van der Waals surface area contributed by atoms with E-state index in [4.69, 9.17) is 4.74 Å². The van der Waals surface area contributed by atoms with Crippen LogP contribution in [0.5, 0.6) is 0 Å². The highest BCUT2D eigenvalue weighted by atomic mass is 19.4. The molecule has 218 valence electrons. The lowest BCUT2D eigenvalue weighted by Gasteiger charge is -2.20. The molecule has 0 aliphatic rings. The quantitative estimate of drug-likeness (QED) is 0.234. The van der Waals surface area contributed by atoms with Crippen LogP contribution in [0.15, 0.2) is 97.3 Å². The fraction of sp³-hybridized carbons (Fsp3) is 0.281. The molecule has 0 aliphatic heterocycles. The Morgan fingerprint density at radius 2 is 1.17 bits per heavy atom. The summed E-state index contributed by atoms with van der Waals surface area (Å²) in [6, 6.07) is 21.1. The molecule has 0 amide bonds. The zero-order chi connectivity index (χ0) is 30.3. The number of aliphatic hydroxyl groups is 1. The van der Waals surface area contributed by atoms with Crippen LogP contribution in [0.25, 0.3) is 0 Å². The summed E-state index contributed by atoms with van der Waals surface area (Å²) in [5.74, 6) is 0. The van der Waals surface area contributed by atoms with Crippen LogP contribution in [0.2, 0.25) is 0 Å². The molecule has 1 aromatic heterocycles. The number of rotatable bonds is 6. The van der Waals surface area contributed by atoms with Crippen molar-refractivity contribution in [3.8, 4) is 0 Å². The third-order valence-electron chi connectivity index (χ3n) is 6.14. The van der Waals surface area contributed by atoms with Gasteiger partial charge in [-0.2, -0.15) is 26.3 Å². The van der Waals surface area contributed by atoms with Gasteiger partial charge in [0.05, 0.1) is 24.3 Å². The van der Waals surface area contributed by atoms with Crippen LogP contribution in [0, 0.1) is 0 Å². The van der Waals surface area contributed by atoms with Crippen LogP contribution in [0.4, 0.5) is 26.3 Å². The fourth-order valence-corrected chi connectivity index (χ4v) is 3.86. The predicted octanol–water partition coefficient (Wildman–Crippen LogP) is 8.90. The summed E-state index contributed by atoms with van der Waals surface area (Å²) in [7, 11) is 0. The monoisotopic (exact) mass is 575 g/mol. The standard InChI is InChI=1S/C16H12F6O.C16H19NO/c17-15(18,19)13-5-1-3-11(7-13)9-23-10-12-4-2-6-14(8-12)16(20,21)22;1-16(2,3)14-8-6-12(7-9-14)15(18)13-5-4-10-17-11-13/h1-8H,9-10H2;4-11,15,18H,1-3H3. The molecule has 0 spiro atoms. The second-order valence-corrected chi connectivity index (χ2v) is 10.4. The van der Waals surface area contributed by atoms with Crippen molar-refractivity contribution in [3.63, 3.8) is 0 Å². The minimum atomic E-state index is -4.45. The van der Waals surface area contributed by atoms with Crippen LogP contribution < -0.4 is 0 Å². The molecule has 4 aromatic rings. The van der Waals surface area contributed by atoms with Gasteiger partial charge >= 0.3 is 12.4 Å². The summed E-state index contributed by atoms with van der Waals surface area (Å²) in [5.41, 5.74) is 2.13. The first-order valence-electron chi connectivity index (χ1n) is 12.7. The summed E-state index contributed by atoms with van der Waals surface area (Å²) in [4.78, 5) is 4.03. The van der Waals surface area contributed by atoms with E-state index in [0.717, 1.165) is 35.4 Å². The molecule has 1 N–H and O–H groups in total. The third kappa shape index (κ3) is 9.72. The number of halogens is 6. The average Bonchev–Trinajstić information content (AvgIpc) is 2.92. The lowest BCUT2D eigenvalue weighted by molar-refractivity contribution is -0.138. The second kappa shape index (κ2) is 13.3. The molecule has 0 saturated carbocycles. The highest BCUT2D eigenvalue weighted by Crippen LogP contribution is 2.31. The maximum absolute atomic E-state index is 12.6. The highest BCUT2D eigenvalue weighted by molar-refractivity contribution is 5.33. The number of aliphatic hydroxyl groups excluding tert-OH is 1. The van der Waals surface area contributed by atoms with Crippen molar-refractivity contribution >= 4 is 0 Å². The van der Waals surface area contributed by atoms with Crippen LogP contribution in [-0.4, -0.2) is 10.1 Å². The van der Waals surface area contributed by atoms with Gasteiger partial charge < -0.3 is 9.84 Å². The Morgan fingerprint density at radius 1 is 0.659 bits per heavy atom. The van der Waals surface area contributed by atoms with E-state index >= 15 is 0 Å². The van der Waals surface area contributed by atoms with Crippen molar-refractivity contribution in [1.29, 1.82) is 0 Å². The van der Waals surface area contributed by atoms with Crippen molar-refractivity contribution in [2.45, 2.75) is 57.9 Å². The first-order chi connectivity index (χ1) is 19.1. The molecule has 41 heavy (non-hydrogen) atoms. The van der Waals surface area contributed by atoms with Gasteiger partial charge in [0.25, 0.3) is 0 Å². The smallest absolute Gasteiger partial charge is 0.384 e. The average molecular weight is 576 g/mol. The number of nitrogens with zero attached hydrogens (tertiary/aromatic N) is 1. The molecule has 0 aliphatic carbocycles. The molecule has 1 atom stereocenters. The van der Waals surface area contributed by atoms with E-state index in [9.17, 15) is 31.4 Å².